The molecule has 0 aliphatic heterocycles. The Morgan fingerprint density at radius 3 is 1.76 bits per heavy atom. The number of guanidine groups is 1. The predicted molar refractivity (Wildman–Crippen MR) is 159 cm³/mol. The van der Waals surface area contributed by atoms with Crippen LogP contribution in [0.15, 0.2) is 35.3 Å². The molecule has 1 rings (SSSR count). The second kappa shape index (κ2) is 19.8. The molecule has 15 nitrogen and oxygen atoms in total. The van der Waals surface area contributed by atoms with Gasteiger partial charge in [-0.2, -0.15) is 0 Å². The van der Waals surface area contributed by atoms with Crippen LogP contribution >= 0.6 is 0 Å². The average Bonchev–Trinajstić information content (AvgIpc) is 2.96. The van der Waals surface area contributed by atoms with E-state index in [2.05, 4.69) is 26.3 Å². The first-order valence-corrected chi connectivity index (χ1v) is 14.0. The summed E-state index contributed by atoms with van der Waals surface area (Å²) >= 11 is 0. The number of carbonyl (C=O) groups excluding carboxylic acids is 5. The molecule has 5 amide bonds. The number of unbranched alkanes of at least 4 members (excludes halogenated alkanes) is 1. The lowest BCUT2D eigenvalue weighted by Crippen LogP contribution is -2.57. The van der Waals surface area contributed by atoms with Crippen LogP contribution < -0.4 is 49.9 Å². The Bertz CT molecular complexity index is 1050. The maximum Gasteiger partial charge on any atom is 0.251 e. The van der Waals surface area contributed by atoms with Crippen LogP contribution in [0.3, 0.4) is 0 Å². The molecule has 0 heterocycles. The molecule has 0 bridgehead atoms. The number of amides is 5. The summed E-state index contributed by atoms with van der Waals surface area (Å²) in [5.74, 6) is -3.15. The summed E-state index contributed by atoms with van der Waals surface area (Å²) in [5, 5.41) is 10.5. The highest BCUT2D eigenvalue weighted by molar-refractivity contribution is 5.98. The number of benzene rings is 1. The first-order valence-electron chi connectivity index (χ1n) is 14.0. The van der Waals surface area contributed by atoms with Crippen LogP contribution in [0, 0.1) is 0 Å². The van der Waals surface area contributed by atoms with Crippen LogP contribution in [0.4, 0.5) is 0 Å². The molecule has 1 aromatic carbocycles. The van der Waals surface area contributed by atoms with E-state index in [-0.39, 0.29) is 31.9 Å². The topological polar surface area (TPSA) is 276 Å². The minimum Gasteiger partial charge on any atom is -0.370 e. The quantitative estimate of drug-likeness (QED) is 0.0446. The van der Waals surface area contributed by atoms with E-state index in [1.165, 1.54) is 6.92 Å². The largest absolute Gasteiger partial charge is 0.370 e. The van der Waals surface area contributed by atoms with Crippen LogP contribution in [0.1, 0.15) is 62.2 Å². The van der Waals surface area contributed by atoms with Crippen LogP contribution in [0.25, 0.3) is 0 Å². The molecule has 0 saturated carbocycles. The highest BCUT2D eigenvalue weighted by Gasteiger charge is 2.29. The Labute approximate surface area is 246 Å². The molecule has 234 valence electrons. The van der Waals surface area contributed by atoms with Crippen molar-refractivity contribution in [1.29, 1.82) is 0 Å². The molecule has 1 aromatic rings. The zero-order chi connectivity index (χ0) is 31.5. The maximum absolute atomic E-state index is 13.4. The number of primary amides is 1. The van der Waals surface area contributed by atoms with Gasteiger partial charge in [-0.15, -0.1) is 0 Å². The van der Waals surface area contributed by atoms with E-state index in [4.69, 9.17) is 28.7 Å². The van der Waals surface area contributed by atoms with Crippen molar-refractivity contribution in [3.05, 3.63) is 35.9 Å². The van der Waals surface area contributed by atoms with E-state index in [9.17, 15) is 24.0 Å². The second-order valence-electron chi connectivity index (χ2n) is 9.81. The van der Waals surface area contributed by atoms with Gasteiger partial charge in [0.05, 0.1) is 0 Å². The van der Waals surface area contributed by atoms with Crippen molar-refractivity contribution < 1.29 is 24.0 Å². The number of hydrogen-bond acceptors (Lipinski definition) is 8. The fraction of sp³-hybridized carbons (Fsp3) is 0.556. The smallest absolute Gasteiger partial charge is 0.251 e. The minimum absolute atomic E-state index is 0.119. The van der Waals surface area contributed by atoms with Crippen molar-refractivity contribution in [2.24, 2.45) is 33.7 Å². The van der Waals surface area contributed by atoms with Crippen molar-refractivity contribution >= 4 is 35.5 Å². The number of nitrogens with two attached hydrogens (primary N) is 5. The number of carbonyl (C=O) groups is 5. The van der Waals surface area contributed by atoms with Crippen molar-refractivity contribution in [3.8, 4) is 0 Å². The normalized spacial score (nSPS) is 13.5. The molecule has 0 fully saturated rings. The predicted octanol–water partition coefficient (Wildman–Crippen LogP) is -2.33. The highest BCUT2D eigenvalue weighted by atomic mass is 16.2. The van der Waals surface area contributed by atoms with Crippen LogP contribution in [-0.4, -0.2) is 79.3 Å². The lowest BCUT2D eigenvalue weighted by atomic mass is 10.0. The molecule has 42 heavy (non-hydrogen) atoms. The average molecular weight is 591 g/mol. The number of nitrogens with one attached hydrogen (secondary N) is 4. The lowest BCUT2D eigenvalue weighted by Gasteiger charge is -2.25. The van der Waals surface area contributed by atoms with Gasteiger partial charge in [-0.3, -0.25) is 29.0 Å². The summed E-state index contributed by atoms with van der Waals surface area (Å²) in [4.78, 5) is 67.7. The summed E-state index contributed by atoms with van der Waals surface area (Å²) in [7, 11) is 0. The molecule has 0 radical (unpaired) electrons. The zero-order valence-electron chi connectivity index (χ0n) is 24.1. The third-order valence-electron chi connectivity index (χ3n) is 6.29. The van der Waals surface area contributed by atoms with Gasteiger partial charge in [0, 0.05) is 12.1 Å². The molecular weight excluding hydrogens is 544 g/mol. The number of hydrogen-bond donors (Lipinski definition) is 9. The molecular formula is C27H46N10O5. The van der Waals surface area contributed by atoms with Gasteiger partial charge in [-0.1, -0.05) is 18.2 Å². The Hall–Kier alpha value is -4.24. The fourth-order valence-electron chi connectivity index (χ4n) is 3.92. The van der Waals surface area contributed by atoms with E-state index in [1.54, 1.807) is 30.3 Å². The van der Waals surface area contributed by atoms with Crippen molar-refractivity contribution in [2.45, 2.75) is 76.0 Å². The minimum atomic E-state index is -1.09. The number of aliphatic imine (C=N–C) groups is 1. The van der Waals surface area contributed by atoms with Gasteiger partial charge in [-0.25, -0.2) is 0 Å². The van der Waals surface area contributed by atoms with E-state index in [1.807, 2.05) is 0 Å². The fourth-order valence-corrected chi connectivity index (χ4v) is 3.92. The lowest BCUT2D eigenvalue weighted by molar-refractivity contribution is -0.133. The van der Waals surface area contributed by atoms with E-state index < -0.39 is 53.7 Å². The summed E-state index contributed by atoms with van der Waals surface area (Å²) in [5.41, 5.74) is 27.7. The molecule has 0 aromatic heterocycles. The van der Waals surface area contributed by atoms with E-state index in [0.29, 0.717) is 44.2 Å². The monoisotopic (exact) mass is 590 g/mol. The Balaban J connectivity index is 3.01. The first kappa shape index (κ1) is 35.8. The third kappa shape index (κ3) is 13.9. The van der Waals surface area contributed by atoms with Crippen molar-refractivity contribution in [1.82, 2.24) is 21.3 Å². The van der Waals surface area contributed by atoms with Crippen LogP contribution in [0.2, 0.25) is 0 Å². The number of rotatable bonds is 20. The van der Waals surface area contributed by atoms with Crippen LogP contribution in [-0.2, 0) is 19.2 Å². The van der Waals surface area contributed by atoms with E-state index >= 15 is 0 Å². The Morgan fingerprint density at radius 1 is 0.690 bits per heavy atom. The van der Waals surface area contributed by atoms with Crippen molar-refractivity contribution in [3.63, 3.8) is 0 Å². The first-order chi connectivity index (χ1) is 20.0. The molecule has 14 N–H and O–H groups in total. The third-order valence-corrected chi connectivity index (χ3v) is 6.29. The molecule has 0 aliphatic rings. The summed E-state index contributed by atoms with van der Waals surface area (Å²) in [6.45, 7) is 2.37. The Kier molecular flexibility index (Phi) is 16.8. The molecule has 0 unspecified atom stereocenters. The second-order valence-corrected chi connectivity index (χ2v) is 9.81. The Morgan fingerprint density at radius 2 is 1.21 bits per heavy atom. The van der Waals surface area contributed by atoms with Gasteiger partial charge in [0.25, 0.3) is 5.91 Å². The molecule has 0 saturated heterocycles. The van der Waals surface area contributed by atoms with Crippen molar-refractivity contribution in [2.75, 3.05) is 19.6 Å². The maximum atomic E-state index is 13.4. The molecule has 0 spiro atoms. The van der Waals surface area contributed by atoms with Gasteiger partial charge in [0.1, 0.15) is 24.2 Å². The SMILES string of the molecule is C[C@H](NC(=O)c1ccccc1)C(=O)N[C@@H](CCCN=C(N)N)C(=O)N[C@@H](CCCN)C(=O)N[C@@H](CCCCN)C(N)=O. The summed E-state index contributed by atoms with van der Waals surface area (Å²) < 4.78 is 0. The van der Waals surface area contributed by atoms with Gasteiger partial charge in [0.2, 0.25) is 23.6 Å². The van der Waals surface area contributed by atoms with Gasteiger partial charge < -0.3 is 49.9 Å². The molecule has 15 heteroatoms. The summed E-state index contributed by atoms with van der Waals surface area (Å²) in [6.07, 6.45) is 2.56. The van der Waals surface area contributed by atoms with Gasteiger partial charge >= 0.3 is 0 Å². The zero-order valence-corrected chi connectivity index (χ0v) is 24.1. The van der Waals surface area contributed by atoms with Gasteiger partial charge in [0.15, 0.2) is 5.96 Å². The standard InChI is InChI=1S/C27H46N10O5/c1-17(34-24(40)18-9-3-2-4-10-18)23(39)36-21(13-8-16-33-27(31)32)26(42)37-20(12-7-15-29)25(41)35-19(22(30)38)11-5-6-14-28/h2-4,9-10,17,19-21H,5-8,11-16,28-29H2,1H3,(H2,30,38)(H,34,40)(H,35,41)(H,36,39)(H,37,42)(H4,31,32,33)/t17-,19-,20-,21-/m0/s1. The van der Waals surface area contributed by atoms with Crippen LogP contribution in [0.5, 0.6) is 0 Å². The van der Waals surface area contributed by atoms with E-state index in [0.717, 1.165) is 0 Å². The number of nitrogens with zero attached hydrogens (tertiary/aromatic N) is 1. The molecule has 0 aliphatic carbocycles. The highest BCUT2D eigenvalue weighted by Crippen LogP contribution is 2.06. The summed E-state index contributed by atoms with van der Waals surface area (Å²) in [6, 6.07) is 4.30. The molecule has 4 atom stereocenters. The van der Waals surface area contributed by atoms with Gasteiger partial charge in [-0.05, 0) is 77.1 Å².